The molecule has 0 aliphatic rings. The van der Waals surface area contributed by atoms with Crippen LogP contribution in [0.2, 0.25) is 0 Å². The average molecular weight is 284 g/mol. The van der Waals surface area contributed by atoms with Crippen LogP contribution in [-0.2, 0) is 6.42 Å². The van der Waals surface area contributed by atoms with Gasteiger partial charge in [0, 0.05) is 6.54 Å². The van der Waals surface area contributed by atoms with Crippen LogP contribution in [0, 0.1) is 17.1 Å². The first kappa shape index (κ1) is 14.5. The molecule has 0 saturated carbocycles. The van der Waals surface area contributed by atoms with Gasteiger partial charge >= 0.3 is 5.97 Å². The SMILES string of the molecule is N#Cc1c(F)cccc1NCCc1ccc(C(=O)O)cc1. The molecule has 0 amide bonds. The van der Waals surface area contributed by atoms with Crippen molar-refractivity contribution in [1.82, 2.24) is 0 Å². The second-order valence-corrected chi connectivity index (χ2v) is 4.45. The third-order valence-corrected chi connectivity index (χ3v) is 3.06. The molecule has 0 atom stereocenters. The van der Waals surface area contributed by atoms with Crippen molar-refractivity contribution in [1.29, 1.82) is 5.26 Å². The highest BCUT2D eigenvalue weighted by molar-refractivity contribution is 5.87. The molecule has 2 rings (SSSR count). The van der Waals surface area contributed by atoms with Crippen LogP contribution in [0.5, 0.6) is 0 Å². The van der Waals surface area contributed by atoms with Gasteiger partial charge in [-0.15, -0.1) is 0 Å². The van der Waals surface area contributed by atoms with E-state index >= 15 is 0 Å². The number of halogens is 1. The number of nitrogens with zero attached hydrogens (tertiary/aromatic N) is 1. The maximum Gasteiger partial charge on any atom is 0.335 e. The lowest BCUT2D eigenvalue weighted by molar-refractivity contribution is 0.0697. The van der Waals surface area contributed by atoms with Crippen LogP contribution in [0.25, 0.3) is 0 Å². The lowest BCUT2D eigenvalue weighted by atomic mass is 10.1. The molecule has 2 aromatic rings. The van der Waals surface area contributed by atoms with Crippen molar-refractivity contribution in [2.24, 2.45) is 0 Å². The molecule has 0 aromatic heterocycles. The van der Waals surface area contributed by atoms with E-state index in [4.69, 9.17) is 10.4 Å². The van der Waals surface area contributed by atoms with Crippen LogP contribution in [0.4, 0.5) is 10.1 Å². The topological polar surface area (TPSA) is 73.1 Å². The number of carboxylic acids is 1. The average Bonchev–Trinajstić information content (AvgIpc) is 2.48. The highest BCUT2D eigenvalue weighted by Crippen LogP contribution is 2.17. The second kappa shape index (κ2) is 6.53. The van der Waals surface area contributed by atoms with E-state index in [0.29, 0.717) is 18.7 Å². The van der Waals surface area contributed by atoms with E-state index in [9.17, 15) is 9.18 Å². The number of carbonyl (C=O) groups is 1. The predicted molar refractivity (Wildman–Crippen MR) is 76.7 cm³/mol. The van der Waals surface area contributed by atoms with Gasteiger partial charge in [-0.1, -0.05) is 18.2 Å². The Bertz CT molecular complexity index is 690. The highest BCUT2D eigenvalue weighted by atomic mass is 19.1. The van der Waals surface area contributed by atoms with Gasteiger partial charge in [-0.05, 0) is 36.2 Å². The van der Waals surface area contributed by atoms with E-state index in [1.54, 1.807) is 36.4 Å². The van der Waals surface area contributed by atoms with Crippen LogP contribution in [0.15, 0.2) is 42.5 Å². The minimum Gasteiger partial charge on any atom is -0.478 e. The predicted octanol–water partition coefficient (Wildman–Crippen LogP) is 3.05. The number of benzene rings is 2. The first-order valence-corrected chi connectivity index (χ1v) is 6.36. The van der Waals surface area contributed by atoms with Crippen LogP contribution >= 0.6 is 0 Å². The molecular weight excluding hydrogens is 271 g/mol. The van der Waals surface area contributed by atoms with Crippen molar-refractivity contribution in [3.63, 3.8) is 0 Å². The third kappa shape index (κ3) is 3.57. The molecule has 0 heterocycles. The zero-order chi connectivity index (χ0) is 15.2. The van der Waals surface area contributed by atoms with Gasteiger partial charge < -0.3 is 10.4 Å². The fourth-order valence-electron chi connectivity index (χ4n) is 1.94. The van der Waals surface area contributed by atoms with Gasteiger partial charge in [-0.2, -0.15) is 5.26 Å². The van der Waals surface area contributed by atoms with Crippen molar-refractivity contribution in [2.75, 3.05) is 11.9 Å². The summed E-state index contributed by atoms with van der Waals surface area (Å²) in [5, 5.41) is 20.7. The number of aromatic carboxylic acids is 1. The number of carboxylic acid groups (broad SMARTS) is 1. The maximum absolute atomic E-state index is 13.4. The van der Waals surface area contributed by atoms with Crippen molar-refractivity contribution < 1.29 is 14.3 Å². The molecule has 106 valence electrons. The minimum absolute atomic E-state index is 0.00118. The number of nitriles is 1. The Balaban J connectivity index is 1.97. The lowest BCUT2D eigenvalue weighted by Crippen LogP contribution is -2.07. The summed E-state index contributed by atoms with van der Waals surface area (Å²) in [6.07, 6.45) is 0.640. The summed E-state index contributed by atoms with van der Waals surface area (Å²) in [6, 6.07) is 12.8. The van der Waals surface area contributed by atoms with Gasteiger partial charge in [0.2, 0.25) is 0 Å². The first-order chi connectivity index (χ1) is 10.1. The molecule has 0 aliphatic carbocycles. The molecule has 21 heavy (non-hydrogen) atoms. The van der Waals surface area contributed by atoms with Crippen LogP contribution in [0.1, 0.15) is 21.5 Å². The summed E-state index contributed by atoms with van der Waals surface area (Å²) in [5.74, 6) is -1.51. The summed E-state index contributed by atoms with van der Waals surface area (Å²) >= 11 is 0. The normalized spacial score (nSPS) is 9.90. The molecule has 4 nitrogen and oxygen atoms in total. The van der Waals surface area contributed by atoms with Crippen LogP contribution in [-0.4, -0.2) is 17.6 Å². The number of anilines is 1. The zero-order valence-electron chi connectivity index (χ0n) is 11.1. The molecule has 2 N–H and O–H groups in total. The molecule has 5 heteroatoms. The highest BCUT2D eigenvalue weighted by Gasteiger charge is 2.07. The summed E-state index contributed by atoms with van der Waals surface area (Å²) in [5.41, 5.74) is 1.66. The van der Waals surface area contributed by atoms with Crippen molar-refractivity contribution >= 4 is 11.7 Å². The van der Waals surface area contributed by atoms with E-state index in [-0.39, 0.29) is 11.1 Å². The molecule has 0 unspecified atom stereocenters. The van der Waals surface area contributed by atoms with Gasteiger partial charge in [-0.25, -0.2) is 9.18 Å². The van der Waals surface area contributed by atoms with E-state index in [1.165, 1.54) is 6.07 Å². The smallest absolute Gasteiger partial charge is 0.335 e. The van der Waals surface area contributed by atoms with Gasteiger partial charge in [0.1, 0.15) is 17.4 Å². The van der Waals surface area contributed by atoms with Gasteiger partial charge in [-0.3, -0.25) is 0 Å². The number of rotatable bonds is 5. The number of hydrogen-bond donors (Lipinski definition) is 2. The Morgan fingerprint density at radius 1 is 1.24 bits per heavy atom. The number of hydrogen-bond acceptors (Lipinski definition) is 3. The summed E-state index contributed by atoms with van der Waals surface area (Å²) in [7, 11) is 0. The molecule has 0 aliphatic heterocycles. The zero-order valence-corrected chi connectivity index (χ0v) is 11.1. The Kier molecular flexibility index (Phi) is 4.52. The molecule has 0 bridgehead atoms. The third-order valence-electron chi connectivity index (χ3n) is 3.06. The van der Waals surface area contributed by atoms with Crippen molar-refractivity contribution in [2.45, 2.75) is 6.42 Å². The molecule has 0 radical (unpaired) electrons. The fraction of sp³-hybridized carbons (Fsp3) is 0.125. The van der Waals surface area contributed by atoms with Crippen molar-refractivity contribution in [3.8, 4) is 6.07 Å². The Hall–Kier alpha value is -2.87. The molecule has 0 saturated heterocycles. The summed E-state index contributed by atoms with van der Waals surface area (Å²) in [6.45, 7) is 0.518. The van der Waals surface area contributed by atoms with E-state index < -0.39 is 11.8 Å². The fourth-order valence-corrected chi connectivity index (χ4v) is 1.94. The first-order valence-electron chi connectivity index (χ1n) is 6.36. The molecular formula is C16H13FN2O2. The van der Waals surface area contributed by atoms with Crippen LogP contribution < -0.4 is 5.32 Å². The molecule has 0 spiro atoms. The molecule has 0 fully saturated rings. The van der Waals surface area contributed by atoms with E-state index in [0.717, 1.165) is 5.56 Å². The Morgan fingerprint density at radius 2 is 1.95 bits per heavy atom. The van der Waals surface area contributed by atoms with Crippen molar-refractivity contribution in [3.05, 3.63) is 65.0 Å². The van der Waals surface area contributed by atoms with Gasteiger partial charge in [0.15, 0.2) is 0 Å². The van der Waals surface area contributed by atoms with Gasteiger partial charge in [0.05, 0.1) is 11.3 Å². The summed E-state index contributed by atoms with van der Waals surface area (Å²) < 4.78 is 13.4. The second-order valence-electron chi connectivity index (χ2n) is 4.45. The van der Waals surface area contributed by atoms with E-state index in [1.807, 2.05) is 6.07 Å². The quantitative estimate of drug-likeness (QED) is 0.885. The van der Waals surface area contributed by atoms with Gasteiger partial charge in [0.25, 0.3) is 0 Å². The number of nitrogens with one attached hydrogen (secondary N) is 1. The largest absolute Gasteiger partial charge is 0.478 e. The Morgan fingerprint density at radius 3 is 2.57 bits per heavy atom. The molecule has 2 aromatic carbocycles. The van der Waals surface area contributed by atoms with Crippen LogP contribution in [0.3, 0.4) is 0 Å². The lowest BCUT2D eigenvalue weighted by Gasteiger charge is -2.08. The monoisotopic (exact) mass is 284 g/mol. The maximum atomic E-state index is 13.4. The minimum atomic E-state index is -0.960. The summed E-state index contributed by atoms with van der Waals surface area (Å²) in [4.78, 5) is 10.7. The van der Waals surface area contributed by atoms with E-state index in [2.05, 4.69) is 5.32 Å². The standard InChI is InChI=1S/C16H13FN2O2/c17-14-2-1-3-15(13(14)10-18)19-9-8-11-4-6-12(7-5-11)16(20)21/h1-7,19H,8-9H2,(H,20,21). The Labute approximate surface area is 121 Å².